The van der Waals surface area contributed by atoms with Crippen molar-refractivity contribution < 1.29 is 4.74 Å². The lowest BCUT2D eigenvalue weighted by Crippen LogP contribution is -2.57. The molecule has 2 nitrogen and oxygen atoms in total. The first-order chi connectivity index (χ1) is 8.90. The molecule has 1 N–H and O–H groups in total. The molecular formula is C17H31NO. The molecule has 4 aliphatic rings. The zero-order valence-corrected chi connectivity index (χ0v) is 13.2. The van der Waals surface area contributed by atoms with Gasteiger partial charge >= 0.3 is 0 Å². The van der Waals surface area contributed by atoms with Gasteiger partial charge in [0.2, 0.25) is 0 Å². The van der Waals surface area contributed by atoms with Crippen molar-refractivity contribution in [1.29, 1.82) is 0 Å². The van der Waals surface area contributed by atoms with E-state index in [-0.39, 0.29) is 5.60 Å². The van der Waals surface area contributed by atoms with E-state index in [9.17, 15) is 0 Å². The van der Waals surface area contributed by atoms with Crippen LogP contribution in [0, 0.1) is 23.2 Å². The molecule has 1 atom stereocenters. The lowest BCUT2D eigenvalue weighted by Gasteiger charge is -2.59. The molecule has 19 heavy (non-hydrogen) atoms. The van der Waals surface area contributed by atoms with Crippen LogP contribution in [0.2, 0.25) is 0 Å². The van der Waals surface area contributed by atoms with Crippen molar-refractivity contribution in [1.82, 2.24) is 5.32 Å². The SMILES string of the molecule is CNC(COC(C)(C)C)C12CC3CC(CC(C3)C1)C2. The van der Waals surface area contributed by atoms with E-state index in [4.69, 9.17) is 4.74 Å². The average Bonchev–Trinajstić information content (AvgIpc) is 2.25. The lowest BCUT2D eigenvalue weighted by molar-refractivity contribution is -0.104. The van der Waals surface area contributed by atoms with Crippen LogP contribution in [-0.4, -0.2) is 25.3 Å². The van der Waals surface area contributed by atoms with Gasteiger partial charge in [0.25, 0.3) is 0 Å². The number of hydrogen-bond acceptors (Lipinski definition) is 2. The number of ether oxygens (including phenoxy) is 1. The largest absolute Gasteiger partial charge is 0.374 e. The van der Waals surface area contributed by atoms with Crippen LogP contribution in [0.4, 0.5) is 0 Å². The predicted molar refractivity (Wildman–Crippen MR) is 79.2 cm³/mol. The number of likely N-dealkylation sites (N-methyl/N-ethyl adjacent to an activating group) is 1. The number of rotatable bonds is 4. The Morgan fingerprint density at radius 1 is 1.05 bits per heavy atom. The normalized spacial score (nSPS) is 42.6. The summed E-state index contributed by atoms with van der Waals surface area (Å²) in [6.07, 6.45) is 8.94. The Morgan fingerprint density at radius 2 is 1.53 bits per heavy atom. The molecular weight excluding hydrogens is 234 g/mol. The Balaban J connectivity index is 1.71. The third kappa shape index (κ3) is 2.71. The van der Waals surface area contributed by atoms with Gasteiger partial charge in [0.15, 0.2) is 0 Å². The molecule has 4 aliphatic carbocycles. The van der Waals surface area contributed by atoms with Crippen molar-refractivity contribution in [2.24, 2.45) is 23.2 Å². The average molecular weight is 265 g/mol. The molecule has 0 radical (unpaired) electrons. The third-order valence-electron chi connectivity index (χ3n) is 5.86. The van der Waals surface area contributed by atoms with E-state index in [1.165, 1.54) is 38.5 Å². The molecule has 4 rings (SSSR count). The summed E-state index contributed by atoms with van der Waals surface area (Å²) in [4.78, 5) is 0. The highest BCUT2D eigenvalue weighted by Crippen LogP contribution is 2.61. The molecule has 0 saturated heterocycles. The first kappa shape index (κ1) is 13.9. The van der Waals surface area contributed by atoms with Gasteiger partial charge in [-0.25, -0.2) is 0 Å². The minimum atomic E-state index is -0.0165. The Hall–Kier alpha value is -0.0800. The van der Waals surface area contributed by atoms with Crippen LogP contribution in [0.15, 0.2) is 0 Å². The highest BCUT2D eigenvalue weighted by atomic mass is 16.5. The smallest absolute Gasteiger partial charge is 0.0632 e. The molecule has 4 saturated carbocycles. The molecule has 2 heteroatoms. The Bertz CT molecular complexity index is 295. The zero-order valence-electron chi connectivity index (χ0n) is 13.2. The quantitative estimate of drug-likeness (QED) is 0.838. The fraction of sp³-hybridized carbons (Fsp3) is 1.00. The Labute approximate surface area is 118 Å². The topological polar surface area (TPSA) is 21.3 Å². The van der Waals surface area contributed by atoms with Gasteiger partial charge in [0, 0.05) is 6.04 Å². The van der Waals surface area contributed by atoms with E-state index in [0.29, 0.717) is 11.5 Å². The molecule has 4 fully saturated rings. The van der Waals surface area contributed by atoms with Crippen LogP contribution in [-0.2, 0) is 4.74 Å². The van der Waals surface area contributed by atoms with E-state index in [0.717, 1.165) is 24.4 Å². The van der Waals surface area contributed by atoms with Gasteiger partial charge in [0.05, 0.1) is 12.2 Å². The van der Waals surface area contributed by atoms with Crippen LogP contribution < -0.4 is 5.32 Å². The summed E-state index contributed by atoms with van der Waals surface area (Å²) in [6.45, 7) is 7.38. The summed E-state index contributed by atoms with van der Waals surface area (Å²) in [6, 6.07) is 0.556. The lowest BCUT2D eigenvalue weighted by atomic mass is 9.48. The second-order valence-electron chi connectivity index (χ2n) is 8.54. The second-order valence-corrected chi connectivity index (χ2v) is 8.54. The Morgan fingerprint density at radius 3 is 1.89 bits per heavy atom. The molecule has 0 aromatic rings. The minimum Gasteiger partial charge on any atom is -0.374 e. The maximum Gasteiger partial charge on any atom is 0.0632 e. The summed E-state index contributed by atoms with van der Waals surface area (Å²) in [5.41, 5.74) is 0.534. The van der Waals surface area contributed by atoms with Crippen molar-refractivity contribution in [3.63, 3.8) is 0 Å². The molecule has 4 bridgehead atoms. The van der Waals surface area contributed by atoms with Gasteiger partial charge in [-0.3, -0.25) is 0 Å². The van der Waals surface area contributed by atoms with Gasteiger partial charge < -0.3 is 10.1 Å². The molecule has 0 aliphatic heterocycles. The molecule has 0 amide bonds. The monoisotopic (exact) mass is 265 g/mol. The fourth-order valence-electron chi connectivity index (χ4n) is 5.50. The molecule has 0 heterocycles. The van der Waals surface area contributed by atoms with Crippen molar-refractivity contribution in [3.8, 4) is 0 Å². The summed E-state index contributed by atoms with van der Waals surface area (Å²) in [7, 11) is 2.13. The highest BCUT2D eigenvalue weighted by Gasteiger charge is 2.53. The van der Waals surface area contributed by atoms with E-state index in [1.807, 2.05) is 0 Å². The summed E-state index contributed by atoms with van der Waals surface area (Å²) >= 11 is 0. The highest BCUT2D eigenvalue weighted by molar-refractivity contribution is 5.06. The van der Waals surface area contributed by atoms with Gasteiger partial charge in [-0.1, -0.05) is 0 Å². The van der Waals surface area contributed by atoms with Crippen LogP contribution >= 0.6 is 0 Å². The second kappa shape index (κ2) is 4.73. The van der Waals surface area contributed by atoms with Crippen molar-refractivity contribution in [2.45, 2.75) is 70.9 Å². The van der Waals surface area contributed by atoms with Crippen LogP contribution in [0.3, 0.4) is 0 Å². The Kier molecular flexibility index (Phi) is 3.46. The molecule has 0 aromatic carbocycles. The molecule has 0 spiro atoms. The van der Waals surface area contributed by atoms with Crippen LogP contribution in [0.1, 0.15) is 59.3 Å². The van der Waals surface area contributed by atoms with Gasteiger partial charge in [0.1, 0.15) is 0 Å². The van der Waals surface area contributed by atoms with E-state index in [2.05, 4.69) is 33.1 Å². The van der Waals surface area contributed by atoms with Crippen molar-refractivity contribution >= 4 is 0 Å². The maximum atomic E-state index is 6.11. The van der Waals surface area contributed by atoms with Crippen molar-refractivity contribution in [3.05, 3.63) is 0 Å². The first-order valence-corrected chi connectivity index (χ1v) is 8.21. The summed E-state index contributed by atoms with van der Waals surface area (Å²) in [5, 5.41) is 3.61. The predicted octanol–water partition coefficient (Wildman–Crippen LogP) is 3.61. The van der Waals surface area contributed by atoms with Crippen LogP contribution in [0.5, 0.6) is 0 Å². The fourth-order valence-corrected chi connectivity index (χ4v) is 5.50. The maximum absolute atomic E-state index is 6.11. The van der Waals surface area contributed by atoms with Crippen molar-refractivity contribution in [2.75, 3.05) is 13.7 Å². The standard InChI is InChI=1S/C17H31NO/c1-16(2,3)19-11-15(18-4)17-8-12-5-13(9-17)7-14(6-12)10-17/h12-15,18H,5-11H2,1-4H3. The van der Waals surface area contributed by atoms with Crippen LogP contribution in [0.25, 0.3) is 0 Å². The van der Waals surface area contributed by atoms with Gasteiger partial charge in [-0.15, -0.1) is 0 Å². The third-order valence-corrected chi connectivity index (χ3v) is 5.86. The van der Waals surface area contributed by atoms with Gasteiger partial charge in [-0.05, 0) is 89.5 Å². The number of hydrogen-bond donors (Lipinski definition) is 1. The van der Waals surface area contributed by atoms with E-state index >= 15 is 0 Å². The minimum absolute atomic E-state index is 0.0165. The zero-order chi connectivity index (χ0) is 13.7. The summed E-state index contributed by atoms with van der Waals surface area (Å²) < 4.78 is 6.11. The van der Waals surface area contributed by atoms with E-state index in [1.54, 1.807) is 0 Å². The molecule has 0 aromatic heterocycles. The molecule has 110 valence electrons. The van der Waals surface area contributed by atoms with Gasteiger partial charge in [-0.2, -0.15) is 0 Å². The number of nitrogens with one attached hydrogen (secondary N) is 1. The van der Waals surface area contributed by atoms with E-state index < -0.39 is 0 Å². The first-order valence-electron chi connectivity index (χ1n) is 8.21. The summed E-state index contributed by atoms with van der Waals surface area (Å²) in [5.74, 6) is 3.07. The molecule has 1 unspecified atom stereocenters.